The molecule has 0 bridgehead atoms. The van der Waals surface area contributed by atoms with Crippen LogP contribution in [0.5, 0.6) is 0 Å². The van der Waals surface area contributed by atoms with Gasteiger partial charge in [0.15, 0.2) is 0 Å². The van der Waals surface area contributed by atoms with Crippen LogP contribution >= 0.6 is 0 Å². The molecule has 0 spiro atoms. The fourth-order valence-corrected chi connectivity index (χ4v) is 2.28. The fraction of sp³-hybridized carbons (Fsp3) is 0.636. The van der Waals surface area contributed by atoms with Gasteiger partial charge in [-0.05, 0) is 13.8 Å². The number of aromatic nitrogens is 2. The molecule has 9 nitrogen and oxygen atoms in total. The third kappa shape index (κ3) is 4.81. The first kappa shape index (κ1) is 17.1. The highest BCUT2D eigenvalue weighted by Gasteiger charge is 2.25. The molecule has 0 unspecified atom stereocenters. The molecular formula is C11H19N5O4S. The smallest absolute Gasteiger partial charge is 0.332 e. The molecule has 0 aromatic carbocycles. The van der Waals surface area contributed by atoms with Gasteiger partial charge in [0, 0.05) is 26.4 Å². The average Bonchev–Trinajstić information content (AvgIpc) is 2.34. The van der Waals surface area contributed by atoms with Crippen LogP contribution in [0.15, 0.2) is 0 Å². The van der Waals surface area contributed by atoms with E-state index in [-0.39, 0.29) is 35.4 Å². The second kappa shape index (κ2) is 6.66. The lowest BCUT2D eigenvalue weighted by molar-refractivity contribution is -0.385. The van der Waals surface area contributed by atoms with Crippen molar-refractivity contribution in [2.45, 2.75) is 13.8 Å². The summed E-state index contributed by atoms with van der Waals surface area (Å²) in [6.45, 7) is 4.06. The Balaban J connectivity index is 3.20. The van der Waals surface area contributed by atoms with Crippen molar-refractivity contribution in [3.05, 3.63) is 15.8 Å². The van der Waals surface area contributed by atoms with Crippen molar-refractivity contribution in [3.8, 4) is 0 Å². The summed E-state index contributed by atoms with van der Waals surface area (Å²) in [5.74, 6) is 0.272. The number of hydrogen-bond donors (Lipinski definition) is 1. The number of anilines is 2. The molecule has 0 radical (unpaired) electrons. The van der Waals surface area contributed by atoms with E-state index < -0.39 is 14.8 Å². The minimum Gasteiger partial charge on any atom is -0.354 e. The lowest BCUT2D eigenvalue weighted by Crippen LogP contribution is -2.27. The van der Waals surface area contributed by atoms with Crippen molar-refractivity contribution in [1.29, 1.82) is 0 Å². The van der Waals surface area contributed by atoms with Crippen molar-refractivity contribution < 1.29 is 13.3 Å². The Hall–Kier alpha value is -1.97. The number of rotatable bonds is 7. The molecule has 0 aliphatic heterocycles. The van der Waals surface area contributed by atoms with E-state index in [4.69, 9.17) is 0 Å². The largest absolute Gasteiger partial charge is 0.354 e. The highest BCUT2D eigenvalue weighted by molar-refractivity contribution is 7.90. The summed E-state index contributed by atoms with van der Waals surface area (Å²) in [7, 11) is -1.60. The van der Waals surface area contributed by atoms with E-state index in [1.807, 2.05) is 6.92 Å². The molecule has 1 N–H and O–H groups in total. The first-order valence-electron chi connectivity index (χ1n) is 6.31. The summed E-state index contributed by atoms with van der Waals surface area (Å²) in [6.07, 6.45) is 1.12. The van der Waals surface area contributed by atoms with E-state index in [1.54, 1.807) is 7.05 Å². The molecule has 1 aromatic rings. The molecule has 0 fully saturated rings. The molecule has 0 amide bonds. The van der Waals surface area contributed by atoms with E-state index in [9.17, 15) is 18.5 Å². The molecule has 118 valence electrons. The standard InChI is InChI=1S/C11H19N5O4S/c1-5-12-11-13-8(2)9(16(17)18)10(14-11)15(3)6-7-21(4,19)20/h5-7H2,1-4H3,(H,12,13,14). The Bertz CT molecular complexity index is 632. The Morgan fingerprint density at radius 2 is 2.00 bits per heavy atom. The molecule has 10 heteroatoms. The predicted octanol–water partition coefficient (Wildman–Crippen LogP) is 0.606. The molecule has 0 atom stereocenters. The van der Waals surface area contributed by atoms with E-state index >= 15 is 0 Å². The van der Waals surface area contributed by atoms with Crippen molar-refractivity contribution >= 4 is 27.3 Å². The zero-order valence-electron chi connectivity index (χ0n) is 12.5. The summed E-state index contributed by atoms with van der Waals surface area (Å²) in [6, 6.07) is 0. The van der Waals surface area contributed by atoms with Gasteiger partial charge in [0.1, 0.15) is 15.5 Å². The van der Waals surface area contributed by atoms with Crippen LogP contribution in [-0.4, -0.2) is 55.5 Å². The van der Waals surface area contributed by atoms with Gasteiger partial charge in [-0.15, -0.1) is 0 Å². The molecule has 0 aliphatic rings. The molecule has 1 rings (SSSR count). The van der Waals surface area contributed by atoms with Gasteiger partial charge in [-0.3, -0.25) is 10.1 Å². The van der Waals surface area contributed by atoms with Gasteiger partial charge in [0.05, 0.1) is 10.7 Å². The first-order valence-corrected chi connectivity index (χ1v) is 8.37. The maximum atomic E-state index is 11.2. The SMILES string of the molecule is CCNc1nc(C)c([N+](=O)[O-])c(N(C)CCS(C)(=O)=O)n1. The van der Waals surface area contributed by atoms with E-state index in [0.717, 1.165) is 6.26 Å². The summed E-state index contributed by atoms with van der Waals surface area (Å²) in [4.78, 5) is 20.2. The molecule has 0 aliphatic carbocycles. The molecule has 21 heavy (non-hydrogen) atoms. The van der Waals surface area contributed by atoms with Crippen LogP contribution in [0.3, 0.4) is 0 Å². The zero-order chi connectivity index (χ0) is 16.2. The van der Waals surface area contributed by atoms with Crippen LogP contribution in [-0.2, 0) is 9.84 Å². The number of nitro groups is 1. The maximum Gasteiger partial charge on any atom is 0.332 e. The number of nitrogens with one attached hydrogen (secondary N) is 1. The van der Waals surface area contributed by atoms with Gasteiger partial charge in [-0.2, -0.15) is 4.98 Å². The molecule has 0 saturated carbocycles. The van der Waals surface area contributed by atoms with E-state index in [0.29, 0.717) is 6.54 Å². The predicted molar refractivity (Wildman–Crippen MR) is 80.6 cm³/mol. The third-order valence-corrected chi connectivity index (χ3v) is 3.64. The lowest BCUT2D eigenvalue weighted by Gasteiger charge is -2.18. The maximum absolute atomic E-state index is 11.2. The van der Waals surface area contributed by atoms with Crippen LogP contribution in [0.4, 0.5) is 17.5 Å². The second-order valence-corrected chi connectivity index (χ2v) is 6.90. The Kier molecular flexibility index (Phi) is 5.41. The van der Waals surface area contributed by atoms with Crippen molar-refractivity contribution in [2.24, 2.45) is 0 Å². The normalized spacial score (nSPS) is 11.2. The summed E-state index contributed by atoms with van der Waals surface area (Å²) < 4.78 is 22.4. The van der Waals surface area contributed by atoms with Gasteiger partial charge in [0.2, 0.25) is 11.8 Å². The van der Waals surface area contributed by atoms with E-state index in [1.165, 1.54) is 11.8 Å². The number of hydrogen-bond acceptors (Lipinski definition) is 8. The molecule has 0 saturated heterocycles. The zero-order valence-corrected chi connectivity index (χ0v) is 13.3. The Morgan fingerprint density at radius 3 is 2.48 bits per heavy atom. The van der Waals surface area contributed by atoms with Gasteiger partial charge in [-0.25, -0.2) is 13.4 Å². The summed E-state index contributed by atoms with van der Waals surface area (Å²) in [5, 5.41) is 14.1. The van der Waals surface area contributed by atoms with Crippen LogP contribution in [0.2, 0.25) is 0 Å². The monoisotopic (exact) mass is 317 g/mol. The molecule has 1 heterocycles. The Labute approximate surface area is 123 Å². The quantitative estimate of drug-likeness (QED) is 0.574. The number of aryl methyl sites for hydroxylation is 1. The lowest BCUT2D eigenvalue weighted by atomic mass is 10.3. The minimum atomic E-state index is -3.16. The highest BCUT2D eigenvalue weighted by Crippen LogP contribution is 2.28. The van der Waals surface area contributed by atoms with Gasteiger partial charge in [-0.1, -0.05) is 0 Å². The van der Waals surface area contributed by atoms with Gasteiger partial charge >= 0.3 is 5.69 Å². The minimum absolute atomic E-state index is 0.104. The Morgan fingerprint density at radius 1 is 1.38 bits per heavy atom. The third-order valence-electron chi connectivity index (χ3n) is 2.72. The fourth-order valence-electron chi connectivity index (χ4n) is 1.68. The van der Waals surface area contributed by atoms with Crippen molar-refractivity contribution in [2.75, 3.05) is 42.4 Å². The summed E-state index contributed by atoms with van der Waals surface area (Å²) >= 11 is 0. The number of sulfone groups is 1. The van der Waals surface area contributed by atoms with Crippen molar-refractivity contribution in [1.82, 2.24) is 9.97 Å². The second-order valence-electron chi connectivity index (χ2n) is 4.64. The van der Waals surface area contributed by atoms with Crippen molar-refractivity contribution in [3.63, 3.8) is 0 Å². The molecule has 1 aromatic heterocycles. The topological polar surface area (TPSA) is 118 Å². The molecular weight excluding hydrogens is 298 g/mol. The van der Waals surface area contributed by atoms with E-state index in [2.05, 4.69) is 15.3 Å². The first-order chi connectivity index (χ1) is 9.65. The van der Waals surface area contributed by atoms with Crippen LogP contribution in [0.1, 0.15) is 12.6 Å². The number of nitrogens with zero attached hydrogens (tertiary/aromatic N) is 4. The van der Waals surface area contributed by atoms with Gasteiger partial charge in [0.25, 0.3) is 0 Å². The van der Waals surface area contributed by atoms with Crippen LogP contribution in [0.25, 0.3) is 0 Å². The highest BCUT2D eigenvalue weighted by atomic mass is 32.2. The summed E-state index contributed by atoms with van der Waals surface area (Å²) in [5.41, 5.74) is 0.0137. The van der Waals surface area contributed by atoms with Gasteiger partial charge < -0.3 is 10.2 Å². The average molecular weight is 317 g/mol. The van der Waals surface area contributed by atoms with Crippen LogP contribution in [0, 0.1) is 17.0 Å². The van der Waals surface area contributed by atoms with Crippen LogP contribution < -0.4 is 10.2 Å².